The number of fused-ring (bicyclic) bond motifs is 1. The van der Waals surface area contributed by atoms with E-state index in [1.54, 1.807) is 6.07 Å². The molecule has 2 aromatic heterocycles. The number of imidazole rings is 1. The summed E-state index contributed by atoms with van der Waals surface area (Å²) in [6, 6.07) is 11.7. The molecule has 3 aromatic rings. The van der Waals surface area contributed by atoms with E-state index in [9.17, 15) is 0 Å². The quantitative estimate of drug-likeness (QED) is 0.672. The van der Waals surface area contributed by atoms with Gasteiger partial charge in [-0.1, -0.05) is 17.7 Å². The zero-order valence-electron chi connectivity index (χ0n) is 11.2. The Labute approximate surface area is 122 Å². The van der Waals surface area contributed by atoms with Crippen LogP contribution in [0.15, 0.2) is 36.5 Å². The number of aryl methyl sites for hydroxylation is 2. The van der Waals surface area contributed by atoms with Crippen molar-refractivity contribution in [2.24, 2.45) is 0 Å². The van der Waals surface area contributed by atoms with Crippen molar-refractivity contribution in [1.29, 1.82) is 5.26 Å². The maximum atomic E-state index is 8.98. The number of nitriles is 1. The van der Waals surface area contributed by atoms with E-state index in [2.05, 4.69) is 11.1 Å². The largest absolute Gasteiger partial charge is 0.302 e. The molecule has 20 heavy (non-hydrogen) atoms. The van der Waals surface area contributed by atoms with Crippen molar-refractivity contribution < 1.29 is 0 Å². The van der Waals surface area contributed by atoms with E-state index in [0.717, 1.165) is 33.2 Å². The minimum atomic E-state index is 0.622. The molecule has 0 aliphatic carbocycles. The molecule has 1 aromatic carbocycles. The van der Waals surface area contributed by atoms with E-state index in [-0.39, 0.29) is 0 Å². The zero-order chi connectivity index (χ0) is 14.3. The van der Waals surface area contributed by atoms with Crippen LogP contribution in [0.1, 0.15) is 16.8 Å². The van der Waals surface area contributed by atoms with Crippen molar-refractivity contribution in [2.45, 2.75) is 13.8 Å². The van der Waals surface area contributed by atoms with E-state index >= 15 is 0 Å². The molecule has 0 unspecified atom stereocenters. The van der Waals surface area contributed by atoms with E-state index in [4.69, 9.17) is 16.9 Å². The second-order valence-electron chi connectivity index (χ2n) is 4.77. The lowest BCUT2D eigenvalue weighted by atomic mass is 10.1. The van der Waals surface area contributed by atoms with Crippen molar-refractivity contribution in [2.75, 3.05) is 0 Å². The van der Waals surface area contributed by atoms with Crippen LogP contribution in [0.2, 0.25) is 5.02 Å². The van der Waals surface area contributed by atoms with Gasteiger partial charge in [0.15, 0.2) is 0 Å². The number of nitrogens with zero attached hydrogens (tertiary/aromatic N) is 3. The predicted octanol–water partition coefficient (Wildman–Crippen LogP) is 4.14. The molecule has 0 N–H and O–H groups in total. The number of benzene rings is 1. The molecule has 4 heteroatoms. The lowest BCUT2D eigenvalue weighted by molar-refractivity contribution is 1.10. The fraction of sp³-hybridized carbons (Fsp3) is 0.125. The highest BCUT2D eigenvalue weighted by Gasteiger charge is 2.11. The van der Waals surface area contributed by atoms with E-state index in [0.29, 0.717) is 5.56 Å². The molecule has 0 saturated heterocycles. The van der Waals surface area contributed by atoms with Gasteiger partial charge in [-0.05, 0) is 43.7 Å². The summed E-state index contributed by atoms with van der Waals surface area (Å²) in [4.78, 5) is 4.64. The topological polar surface area (TPSA) is 41.1 Å². The molecule has 2 heterocycles. The highest BCUT2D eigenvalue weighted by Crippen LogP contribution is 2.27. The molecular weight excluding hydrogens is 270 g/mol. The van der Waals surface area contributed by atoms with E-state index in [1.807, 2.05) is 48.7 Å². The Bertz CT molecular complexity index is 856. The maximum absolute atomic E-state index is 8.98. The molecule has 0 saturated carbocycles. The Morgan fingerprint density at radius 1 is 1.20 bits per heavy atom. The van der Waals surface area contributed by atoms with E-state index in [1.165, 1.54) is 0 Å². The van der Waals surface area contributed by atoms with Crippen LogP contribution in [0.3, 0.4) is 0 Å². The summed E-state index contributed by atoms with van der Waals surface area (Å²) in [5, 5.41) is 9.73. The van der Waals surface area contributed by atoms with Gasteiger partial charge in [0.25, 0.3) is 0 Å². The molecule has 0 aliphatic heterocycles. The molecule has 0 atom stereocenters. The number of rotatable bonds is 1. The van der Waals surface area contributed by atoms with Crippen LogP contribution in [-0.4, -0.2) is 9.38 Å². The molecular formula is C16H12ClN3. The van der Waals surface area contributed by atoms with Crippen LogP contribution in [0, 0.1) is 25.2 Å². The summed E-state index contributed by atoms with van der Waals surface area (Å²) >= 11 is 6.06. The summed E-state index contributed by atoms with van der Waals surface area (Å²) in [7, 11) is 0. The van der Waals surface area contributed by atoms with Crippen molar-refractivity contribution in [1.82, 2.24) is 9.38 Å². The third kappa shape index (κ3) is 1.95. The van der Waals surface area contributed by atoms with Crippen molar-refractivity contribution in [3.8, 4) is 17.3 Å². The Balaban J connectivity index is 2.24. The second-order valence-corrected chi connectivity index (χ2v) is 5.17. The zero-order valence-corrected chi connectivity index (χ0v) is 11.9. The third-order valence-electron chi connectivity index (χ3n) is 3.42. The summed E-state index contributed by atoms with van der Waals surface area (Å²) in [6.07, 6.45) is 1.81. The van der Waals surface area contributed by atoms with Gasteiger partial charge in [0, 0.05) is 22.5 Å². The minimum absolute atomic E-state index is 0.622. The van der Waals surface area contributed by atoms with Gasteiger partial charge >= 0.3 is 0 Å². The molecule has 0 fully saturated rings. The van der Waals surface area contributed by atoms with Crippen molar-refractivity contribution >= 4 is 17.2 Å². The molecule has 3 nitrogen and oxygen atoms in total. The summed E-state index contributed by atoms with van der Waals surface area (Å²) in [6.45, 7) is 3.98. The molecule has 0 amide bonds. The van der Waals surface area contributed by atoms with Gasteiger partial charge < -0.3 is 4.40 Å². The summed E-state index contributed by atoms with van der Waals surface area (Å²) in [5.41, 5.74) is 5.45. The highest BCUT2D eigenvalue weighted by atomic mass is 35.5. The van der Waals surface area contributed by atoms with Crippen LogP contribution in [-0.2, 0) is 0 Å². The van der Waals surface area contributed by atoms with Crippen molar-refractivity contribution in [3.63, 3.8) is 0 Å². The van der Waals surface area contributed by atoms with Crippen molar-refractivity contribution in [3.05, 3.63) is 58.4 Å². The lowest BCUT2D eigenvalue weighted by Gasteiger charge is -2.03. The van der Waals surface area contributed by atoms with Gasteiger partial charge in [-0.2, -0.15) is 5.26 Å². The minimum Gasteiger partial charge on any atom is -0.302 e. The Morgan fingerprint density at radius 2 is 2.00 bits per heavy atom. The van der Waals surface area contributed by atoms with Crippen LogP contribution < -0.4 is 0 Å². The molecule has 0 radical (unpaired) electrons. The molecule has 3 rings (SSSR count). The Kier molecular flexibility index (Phi) is 2.96. The predicted molar refractivity (Wildman–Crippen MR) is 79.8 cm³/mol. The number of hydrogen-bond donors (Lipinski definition) is 0. The first-order valence-corrected chi connectivity index (χ1v) is 6.63. The second kappa shape index (κ2) is 4.66. The monoisotopic (exact) mass is 281 g/mol. The molecule has 98 valence electrons. The van der Waals surface area contributed by atoms with Gasteiger partial charge in [0.1, 0.15) is 11.7 Å². The average Bonchev–Trinajstić information content (AvgIpc) is 2.79. The maximum Gasteiger partial charge on any atom is 0.137 e. The number of pyridine rings is 1. The number of aromatic nitrogens is 2. The van der Waals surface area contributed by atoms with Gasteiger partial charge in [-0.25, -0.2) is 4.98 Å². The van der Waals surface area contributed by atoms with Gasteiger partial charge in [0.05, 0.1) is 11.3 Å². The molecule has 0 spiro atoms. The summed E-state index contributed by atoms with van der Waals surface area (Å²) < 4.78 is 1.94. The van der Waals surface area contributed by atoms with Crippen LogP contribution in [0.5, 0.6) is 0 Å². The first kappa shape index (κ1) is 12.7. The number of halogens is 1. The molecule has 0 bridgehead atoms. The highest BCUT2D eigenvalue weighted by molar-refractivity contribution is 6.31. The van der Waals surface area contributed by atoms with Crippen LogP contribution in [0.4, 0.5) is 0 Å². The Morgan fingerprint density at radius 3 is 2.70 bits per heavy atom. The van der Waals surface area contributed by atoms with Crippen LogP contribution >= 0.6 is 11.6 Å². The normalized spacial score (nSPS) is 10.7. The van der Waals surface area contributed by atoms with Crippen LogP contribution in [0.25, 0.3) is 16.9 Å². The third-order valence-corrected chi connectivity index (χ3v) is 3.84. The fourth-order valence-corrected chi connectivity index (χ4v) is 2.41. The standard InChI is InChI=1S/C16H12ClN3/c1-10-7-13(4-5-14(10)17)16-11(2)20-9-12(8-18)3-6-15(20)19-16/h3-7,9H,1-2H3. The van der Waals surface area contributed by atoms with Gasteiger partial charge in [0.2, 0.25) is 0 Å². The first-order valence-electron chi connectivity index (χ1n) is 6.25. The SMILES string of the molecule is Cc1cc(-c2nc3ccc(C#N)cn3c2C)ccc1Cl. The first-order chi connectivity index (χ1) is 9.60. The Hall–Kier alpha value is -2.31. The van der Waals surface area contributed by atoms with Gasteiger partial charge in [-0.15, -0.1) is 0 Å². The smallest absolute Gasteiger partial charge is 0.137 e. The summed E-state index contributed by atoms with van der Waals surface area (Å²) in [5.74, 6) is 0. The average molecular weight is 282 g/mol. The fourth-order valence-electron chi connectivity index (χ4n) is 2.29. The lowest BCUT2D eigenvalue weighted by Crippen LogP contribution is -1.89. The van der Waals surface area contributed by atoms with Gasteiger partial charge in [-0.3, -0.25) is 0 Å². The van der Waals surface area contributed by atoms with E-state index < -0.39 is 0 Å². The molecule has 0 aliphatic rings. The number of hydrogen-bond acceptors (Lipinski definition) is 2.